The lowest BCUT2D eigenvalue weighted by Crippen LogP contribution is -2.25. The maximum atomic E-state index is 9.79. The van der Waals surface area contributed by atoms with Crippen LogP contribution in [0.25, 0.3) is 5.57 Å². The van der Waals surface area contributed by atoms with E-state index in [2.05, 4.69) is 18.8 Å². The van der Waals surface area contributed by atoms with Crippen LogP contribution in [0.15, 0.2) is 18.5 Å². The number of imidazole rings is 1. The third-order valence-corrected chi connectivity index (χ3v) is 2.93. The maximum absolute atomic E-state index is 9.79. The highest BCUT2D eigenvalue weighted by Crippen LogP contribution is 2.38. The molecule has 1 aromatic heterocycles. The lowest BCUT2D eigenvalue weighted by Gasteiger charge is -2.32. The van der Waals surface area contributed by atoms with Gasteiger partial charge in [0.2, 0.25) is 0 Å². The molecule has 0 aromatic carbocycles. The predicted molar refractivity (Wildman–Crippen MR) is 60.2 cm³/mol. The van der Waals surface area contributed by atoms with Crippen molar-refractivity contribution in [2.24, 2.45) is 12.5 Å². The van der Waals surface area contributed by atoms with Crippen LogP contribution < -0.4 is 0 Å². The molecule has 0 spiro atoms. The topological polar surface area (TPSA) is 38.0 Å². The van der Waals surface area contributed by atoms with E-state index in [1.54, 1.807) is 6.20 Å². The Hall–Kier alpha value is -1.09. The van der Waals surface area contributed by atoms with Gasteiger partial charge in [-0.25, -0.2) is 4.98 Å². The van der Waals surface area contributed by atoms with Gasteiger partial charge >= 0.3 is 0 Å². The predicted octanol–water partition coefficient (Wildman–Crippen LogP) is 1.98. The van der Waals surface area contributed by atoms with Crippen LogP contribution >= 0.6 is 0 Å². The van der Waals surface area contributed by atoms with Gasteiger partial charge in [0.1, 0.15) is 5.82 Å². The fourth-order valence-corrected chi connectivity index (χ4v) is 2.33. The number of aliphatic hydroxyl groups excluding tert-OH is 1. The average Bonchev–Trinajstić information content (AvgIpc) is 2.47. The Balaban J connectivity index is 2.34. The first-order valence-electron chi connectivity index (χ1n) is 5.34. The molecule has 1 unspecified atom stereocenters. The maximum Gasteiger partial charge on any atom is 0.135 e. The van der Waals surface area contributed by atoms with Crippen molar-refractivity contribution >= 4 is 5.57 Å². The van der Waals surface area contributed by atoms with Gasteiger partial charge in [0.05, 0.1) is 6.10 Å². The summed E-state index contributed by atoms with van der Waals surface area (Å²) < 4.78 is 2.00. The van der Waals surface area contributed by atoms with Crippen LogP contribution in [0.1, 0.15) is 32.5 Å². The fraction of sp³-hybridized carbons (Fsp3) is 0.583. The van der Waals surface area contributed by atoms with Gasteiger partial charge in [0, 0.05) is 19.4 Å². The molecule has 0 saturated heterocycles. The van der Waals surface area contributed by atoms with Gasteiger partial charge in [0.25, 0.3) is 0 Å². The molecule has 3 nitrogen and oxygen atoms in total. The van der Waals surface area contributed by atoms with Crippen LogP contribution in [-0.2, 0) is 7.05 Å². The van der Waals surface area contributed by atoms with Crippen LogP contribution in [-0.4, -0.2) is 20.8 Å². The second kappa shape index (κ2) is 3.49. The number of hydrogen-bond donors (Lipinski definition) is 1. The van der Waals surface area contributed by atoms with Crippen molar-refractivity contribution in [3.8, 4) is 0 Å². The van der Waals surface area contributed by atoms with Gasteiger partial charge in [-0.2, -0.15) is 0 Å². The van der Waals surface area contributed by atoms with Gasteiger partial charge in [-0.15, -0.1) is 0 Å². The number of allylic oxidation sites excluding steroid dienone is 1. The second-order valence-electron chi connectivity index (χ2n) is 5.17. The number of aromatic nitrogens is 2. The highest BCUT2D eigenvalue weighted by molar-refractivity contribution is 5.62. The van der Waals surface area contributed by atoms with E-state index in [0.29, 0.717) is 0 Å². The Kier molecular flexibility index (Phi) is 2.43. The monoisotopic (exact) mass is 206 g/mol. The molecule has 0 saturated carbocycles. The molecule has 1 atom stereocenters. The quantitative estimate of drug-likeness (QED) is 0.763. The van der Waals surface area contributed by atoms with Crippen LogP contribution in [0.2, 0.25) is 0 Å². The molecule has 1 N–H and O–H groups in total. The number of nitrogens with zero attached hydrogens (tertiary/aromatic N) is 2. The first kappa shape index (κ1) is 10.4. The molecule has 15 heavy (non-hydrogen) atoms. The Bertz CT molecular complexity index is 390. The lowest BCUT2D eigenvalue weighted by molar-refractivity contribution is 0.146. The molecule has 1 aliphatic carbocycles. The van der Waals surface area contributed by atoms with Gasteiger partial charge in [-0.05, 0) is 29.9 Å². The highest BCUT2D eigenvalue weighted by Gasteiger charge is 2.29. The van der Waals surface area contributed by atoms with Crippen LogP contribution in [0.3, 0.4) is 0 Å². The smallest absolute Gasteiger partial charge is 0.135 e. The minimum atomic E-state index is -0.333. The molecule has 1 heterocycles. The van der Waals surface area contributed by atoms with Crippen molar-refractivity contribution in [3.05, 3.63) is 24.3 Å². The largest absolute Gasteiger partial charge is 0.389 e. The van der Waals surface area contributed by atoms with E-state index in [0.717, 1.165) is 24.2 Å². The first-order chi connectivity index (χ1) is 6.98. The van der Waals surface area contributed by atoms with Gasteiger partial charge < -0.3 is 9.67 Å². The lowest BCUT2D eigenvalue weighted by atomic mass is 9.76. The van der Waals surface area contributed by atoms with Crippen molar-refractivity contribution in [2.45, 2.75) is 32.8 Å². The standard InChI is InChI=1S/C12H18N2O/c1-12(2)7-9(6-10(15)8-12)11-13-4-5-14(11)3/h4-6,10,15H,7-8H2,1-3H3. The molecule has 0 bridgehead atoms. The van der Waals surface area contributed by atoms with Crippen molar-refractivity contribution < 1.29 is 5.11 Å². The van der Waals surface area contributed by atoms with Crippen LogP contribution in [0.5, 0.6) is 0 Å². The van der Waals surface area contributed by atoms with Crippen molar-refractivity contribution in [3.63, 3.8) is 0 Å². The third kappa shape index (κ3) is 2.12. The van der Waals surface area contributed by atoms with Crippen molar-refractivity contribution in [2.75, 3.05) is 0 Å². The van der Waals surface area contributed by atoms with E-state index in [4.69, 9.17) is 0 Å². The van der Waals surface area contributed by atoms with Gasteiger partial charge in [-0.1, -0.05) is 13.8 Å². The zero-order chi connectivity index (χ0) is 11.1. The summed E-state index contributed by atoms with van der Waals surface area (Å²) in [5.74, 6) is 0.974. The summed E-state index contributed by atoms with van der Waals surface area (Å²) in [4.78, 5) is 4.32. The fourth-order valence-electron chi connectivity index (χ4n) is 2.33. The Morgan fingerprint density at radius 1 is 1.53 bits per heavy atom. The number of aliphatic hydroxyl groups is 1. The molecule has 3 heteroatoms. The van der Waals surface area contributed by atoms with Crippen molar-refractivity contribution in [1.29, 1.82) is 0 Å². The van der Waals surface area contributed by atoms with E-state index >= 15 is 0 Å². The highest BCUT2D eigenvalue weighted by atomic mass is 16.3. The Labute approximate surface area is 90.5 Å². The Morgan fingerprint density at radius 2 is 2.27 bits per heavy atom. The van der Waals surface area contributed by atoms with E-state index in [1.807, 2.05) is 23.9 Å². The van der Waals surface area contributed by atoms with Crippen LogP contribution in [0, 0.1) is 5.41 Å². The molecular weight excluding hydrogens is 188 g/mol. The summed E-state index contributed by atoms with van der Waals surface area (Å²) in [5.41, 5.74) is 1.32. The normalized spacial score (nSPS) is 25.1. The summed E-state index contributed by atoms with van der Waals surface area (Å²) in [5, 5.41) is 9.79. The first-order valence-corrected chi connectivity index (χ1v) is 5.34. The Morgan fingerprint density at radius 3 is 2.80 bits per heavy atom. The molecule has 0 amide bonds. The number of hydrogen-bond acceptors (Lipinski definition) is 2. The molecule has 1 aromatic rings. The summed E-state index contributed by atoms with van der Waals surface area (Å²) in [6, 6.07) is 0. The van der Waals surface area contributed by atoms with Crippen molar-refractivity contribution in [1.82, 2.24) is 9.55 Å². The van der Waals surface area contributed by atoms with E-state index in [9.17, 15) is 5.11 Å². The number of rotatable bonds is 1. The van der Waals surface area contributed by atoms with E-state index in [1.165, 1.54) is 0 Å². The second-order valence-corrected chi connectivity index (χ2v) is 5.17. The molecule has 82 valence electrons. The summed E-state index contributed by atoms with van der Waals surface area (Å²) in [6.07, 6.45) is 7.15. The zero-order valence-electron chi connectivity index (χ0n) is 9.57. The van der Waals surface area contributed by atoms with E-state index in [-0.39, 0.29) is 11.5 Å². The molecule has 0 radical (unpaired) electrons. The number of aryl methyl sites for hydroxylation is 1. The SMILES string of the molecule is Cn1ccnc1C1=CC(O)CC(C)(C)C1. The van der Waals surface area contributed by atoms with Gasteiger partial charge in [0.15, 0.2) is 0 Å². The zero-order valence-corrected chi connectivity index (χ0v) is 9.57. The summed E-state index contributed by atoms with van der Waals surface area (Å²) >= 11 is 0. The van der Waals surface area contributed by atoms with Crippen LogP contribution in [0.4, 0.5) is 0 Å². The summed E-state index contributed by atoms with van der Waals surface area (Å²) in [7, 11) is 1.98. The molecule has 0 aliphatic heterocycles. The average molecular weight is 206 g/mol. The minimum Gasteiger partial charge on any atom is -0.389 e. The van der Waals surface area contributed by atoms with E-state index < -0.39 is 0 Å². The molecule has 1 aliphatic rings. The minimum absolute atomic E-state index is 0.162. The van der Waals surface area contributed by atoms with Gasteiger partial charge in [-0.3, -0.25) is 0 Å². The molecular formula is C12H18N2O. The molecule has 2 rings (SSSR count). The third-order valence-electron chi connectivity index (χ3n) is 2.93. The summed E-state index contributed by atoms with van der Waals surface area (Å²) in [6.45, 7) is 4.37. The molecule has 0 fully saturated rings.